The number of aromatic amines is 1. The monoisotopic (exact) mass is 258 g/mol. The van der Waals surface area contributed by atoms with Gasteiger partial charge in [-0.05, 0) is 37.6 Å². The number of nitrogens with one attached hydrogen (secondary N) is 1. The van der Waals surface area contributed by atoms with Crippen molar-refractivity contribution in [1.29, 1.82) is 0 Å². The molecule has 0 fully saturated rings. The first-order chi connectivity index (χ1) is 9.06. The van der Waals surface area contributed by atoms with Crippen LogP contribution >= 0.6 is 0 Å². The van der Waals surface area contributed by atoms with Gasteiger partial charge in [0, 0.05) is 5.56 Å². The largest absolute Gasteiger partial charge is 0.338 e. The molecule has 0 aliphatic carbocycles. The van der Waals surface area contributed by atoms with Crippen LogP contribution < -0.4 is 0 Å². The molecule has 0 radical (unpaired) electrons. The molecule has 0 unspecified atom stereocenters. The average Bonchev–Trinajstić information content (AvgIpc) is 2.81. The van der Waals surface area contributed by atoms with Crippen molar-refractivity contribution in [2.45, 2.75) is 13.8 Å². The van der Waals surface area contributed by atoms with Gasteiger partial charge in [0.2, 0.25) is 0 Å². The molecular weight excluding hydrogens is 246 g/mol. The van der Waals surface area contributed by atoms with E-state index in [1.54, 1.807) is 0 Å². The summed E-state index contributed by atoms with van der Waals surface area (Å²) in [4.78, 5) is 7.20. The lowest BCUT2D eigenvalue weighted by Crippen LogP contribution is -1.87. The molecule has 4 heteroatoms. The minimum atomic E-state index is -0.912. The molecule has 0 aliphatic heterocycles. The van der Waals surface area contributed by atoms with Crippen LogP contribution in [0.3, 0.4) is 0 Å². The fourth-order valence-electron chi connectivity index (χ4n) is 2.14. The van der Waals surface area contributed by atoms with E-state index >= 15 is 0 Å². The normalized spacial score (nSPS) is 11.2. The van der Waals surface area contributed by atoms with Crippen LogP contribution in [0.25, 0.3) is 22.4 Å². The number of nitrogens with zero attached hydrogens (tertiary/aromatic N) is 1. The Balaban J connectivity index is 2.26. The molecule has 0 amide bonds. The van der Waals surface area contributed by atoms with Crippen LogP contribution in [0.15, 0.2) is 30.3 Å². The van der Waals surface area contributed by atoms with Gasteiger partial charge in [-0.25, -0.2) is 13.8 Å². The number of aryl methyl sites for hydroxylation is 2. The van der Waals surface area contributed by atoms with Crippen LogP contribution in [0.5, 0.6) is 0 Å². The summed E-state index contributed by atoms with van der Waals surface area (Å²) >= 11 is 0. The second kappa shape index (κ2) is 4.16. The van der Waals surface area contributed by atoms with E-state index in [-0.39, 0.29) is 5.52 Å². The van der Waals surface area contributed by atoms with Gasteiger partial charge in [-0.2, -0.15) is 0 Å². The number of rotatable bonds is 1. The zero-order valence-electron chi connectivity index (χ0n) is 10.6. The molecule has 0 saturated heterocycles. The molecular formula is C15H12F2N2. The highest BCUT2D eigenvalue weighted by molar-refractivity contribution is 5.80. The highest BCUT2D eigenvalue weighted by Crippen LogP contribution is 2.26. The Morgan fingerprint density at radius 2 is 1.84 bits per heavy atom. The van der Waals surface area contributed by atoms with Crippen molar-refractivity contribution in [2.75, 3.05) is 0 Å². The quantitative estimate of drug-likeness (QED) is 0.698. The molecule has 2 nitrogen and oxygen atoms in total. The van der Waals surface area contributed by atoms with Crippen molar-refractivity contribution < 1.29 is 8.78 Å². The molecule has 1 aromatic heterocycles. The maximum Gasteiger partial charge on any atom is 0.186 e. The van der Waals surface area contributed by atoms with Crippen molar-refractivity contribution in [1.82, 2.24) is 9.97 Å². The summed E-state index contributed by atoms with van der Waals surface area (Å²) in [6.45, 7) is 3.94. The number of fused-ring (bicyclic) bond motifs is 1. The molecule has 2 aromatic carbocycles. The molecule has 0 bridgehead atoms. The number of hydrogen-bond donors (Lipinski definition) is 1. The fourth-order valence-corrected chi connectivity index (χ4v) is 2.14. The van der Waals surface area contributed by atoms with E-state index < -0.39 is 11.6 Å². The summed E-state index contributed by atoms with van der Waals surface area (Å²) in [5.74, 6) is -1.24. The van der Waals surface area contributed by atoms with E-state index in [0.29, 0.717) is 11.3 Å². The number of imidazole rings is 1. The first-order valence-electron chi connectivity index (χ1n) is 5.97. The summed E-state index contributed by atoms with van der Waals surface area (Å²) in [7, 11) is 0. The smallest absolute Gasteiger partial charge is 0.186 e. The lowest BCUT2D eigenvalue weighted by molar-refractivity contribution is 0.515. The molecule has 0 aliphatic rings. The molecule has 0 saturated carbocycles. The topological polar surface area (TPSA) is 28.7 Å². The SMILES string of the molecule is Cc1ccc(C)c(-c2nc3c(F)c(F)ccc3[nH]2)c1. The third kappa shape index (κ3) is 1.89. The van der Waals surface area contributed by atoms with Gasteiger partial charge >= 0.3 is 0 Å². The lowest BCUT2D eigenvalue weighted by Gasteiger charge is -2.03. The second-order valence-electron chi connectivity index (χ2n) is 4.66. The Morgan fingerprint density at radius 1 is 1.05 bits per heavy atom. The van der Waals surface area contributed by atoms with E-state index in [2.05, 4.69) is 9.97 Å². The zero-order chi connectivity index (χ0) is 13.6. The van der Waals surface area contributed by atoms with Crippen molar-refractivity contribution in [2.24, 2.45) is 0 Å². The Hall–Kier alpha value is -2.23. The van der Waals surface area contributed by atoms with Gasteiger partial charge in [0.25, 0.3) is 0 Å². The van der Waals surface area contributed by atoms with Crippen molar-refractivity contribution in [3.8, 4) is 11.4 Å². The van der Waals surface area contributed by atoms with E-state index in [9.17, 15) is 8.78 Å². The average molecular weight is 258 g/mol. The molecule has 19 heavy (non-hydrogen) atoms. The van der Waals surface area contributed by atoms with Gasteiger partial charge < -0.3 is 4.98 Å². The maximum absolute atomic E-state index is 13.6. The van der Waals surface area contributed by atoms with Crippen molar-refractivity contribution in [3.63, 3.8) is 0 Å². The van der Waals surface area contributed by atoms with E-state index in [4.69, 9.17) is 0 Å². The third-order valence-electron chi connectivity index (χ3n) is 3.19. The summed E-state index contributed by atoms with van der Waals surface area (Å²) in [6, 6.07) is 8.55. The number of aromatic nitrogens is 2. The van der Waals surface area contributed by atoms with Gasteiger partial charge in [0.05, 0.1) is 5.52 Å². The minimum Gasteiger partial charge on any atom is -0.338 e. The summed E-state index contributed by atoms with van der Waals surface area (Å²) in [6.07, 6.45) is 0. The van der Waals surface area contributed by atoms with Crippen LogP contribution in [0.2, 0.25) is 0 Å². The molecule has 3 rings (SSSR count). The molecule has 96 valence electrons. The Kier molecular flexibility index (Phi) is 2.59. The molecule has 0 spiro atoms. The molecule has 1 N–H and O–H groups in total. The standard InChI is InChI=1S/C15H12F2N2/c1-8-3-4-9(2)10(7-8)15-18-12-6-5-11(16)13(17)14(12)19-15/h3-7H,1-2H3,(H,18,19). The number of halogens is 2. The van der Waals surface area contributed by atoms with Gasteiger partial charge in [0.15, 0.2) is 11.6 Å². The fraction of sp³-hybridized carbons (Fsp3) is 0.133. The summed E-state index contributed by atoms with van der Waals surface area (Å²) in [5.41, 5.74) is 3.56. The van der Waals surface area contributed by atoms with E-state index in [1.165, 1.54) is 6.07 Å². The number of hydrogen-bond acceptors (Lipinski definition) is 1. The Labute approximate surface area is 109 Å². The van der Waals surface area contributed by atoms with Crippen LogP contribution in [-0.2, 0) is 0 Å². The molecule has 3 aromatic rings. The first-order valence-corrected chi connectivity index (χ1v) is 5.97. The molecule has 0 atom stereocenters. The predicted octanol–water partition coefficient (Wildman–Crippen LogP) is 4.12. The second-order valence-corrected chi connectivity index (χ2v) is 4.66. The van der Waals surface area contributed by atoms with Crippen molar-refractivity contribution >= 4 is 11.0 Å². The number of H-pyrrole nitrogens is 1. The first kappa shape index (κ1) is 11.8. The lowest BCUT2D eigenvalue weighted by atomic mass is 10.1. The van der Waals surface area contributed by atoms with Crippen LogP contribution in [-0.4, -0.2) is 9.97 Å². The highest BCUT2D eigenvalue weighted by Gasteiger charge is 2.13. The summed E-state index contributed by atoms with van der Waals surface area (Å²) in [5, 5.41) is 0. The maximum atomic E-state index is 13.6. The Bertz CT molecular complexity index is 775. The Morgan fingerprint density at radius 3 is 2.63 bits per heavy atom. The minimum absolute atomic E-state index is 0.0379. The third-order valence-corrected chi connectivity index (χ3v) is 3.19. The van der Waals surface area contributed by atoms with Gasteiger partial charge in [0.1, 0.15) is 11.3 Å². The predicted molar refractivity (Wildman–Crippen MR) is 70.9 cm³/mol. The van der Waals surface area contributed by atoms with E-state index in [0.717, 1.165) is 22.8 Å². The molecule has 1 heterocycles. The van der Waals surface area contributed by atoms with Gasteiger partial charge in [-0.3, -0.25) is 0 Å². The van der Waals surface area contributed by atoms with E-state index in [1.807, 2.05) is 32.0 Å². The van der Waals surface area contributed by atoms with Gasteiger partial charge in [-0.1, -0.05) is 17.7 Å². The zero-order valence-corrected chi connectivity index (χ0v) is 10.6. The van der Waals surface area contributed by atoms with Crippen LogP contribution in [0, 0.1) is 25.5 Å². The van der Waals surface area contributed by atoms with Gasteiger partial charge in [-0.15, -0.1) is 0 Å². The highest BCUT2D eigenvalue weighted by atomic mass is 19.2. The van der Waals surface area contributed by atoms with Crippen molar-refractivity contribution in [3.05, 3.63) is 53.1 Å². The van der Waals surface area contributed by atoms with Crippen LogP contribution in [0.4, 0.5) is 8.78 Å². The number of benzene rings is 2. The van der Waals surface area contributed by atoms with Crippen LogP contribution in [0.1, 0.15) is 11.1 Å². The summed E-state index contributed by atoms with van der Waals surface area (Å²) < 4.78 is 26.8.